The molecule has 15 heavy (non-hydrogen) atoms. The molecule has 0 aliphatic heterocycles. The van der Waals surface area contributed by atoms with Crippen LogP contribution in [-0.4, -0.2) is 22.5 Å². The molecule has 0 saturated heterocycles. The lowest BCUT2D eigenvalue weighted by Crippen LogP contribution is -2.24. The predicted molar refractivity (Wildman–Crippen MR) is 64.8 cm³/mol. The van der Waals surface area contributed by atoms with Gasteiger partial charge in [0.1, 0.15) is 5.82 Å². The van der Waals surface area contributed by atoms with Crippen molar-refractivity contribution in [1.29, 1.82) is 0 Å². The summed E-state index contributed by atoms with van der Waals surface area (Å²) in [6, 6.07) is 5.47. The fourth-order valence-electron chi connectivity index (χ4n) is 0.700. The number of aromatic nitrogens is 1. The lowest BCUT2D eigenvalue weighted by Gasteiger charge is -1.95. The topological polar surface area (TPSA) is 87.7 Å². The fraction of sp³-hybridized carbons (Fsp3) is 0. The van der Waals surface area contributed by atoms with Gasteiger partial charge in [-0.05, 0) is 24.4 Å². The van der Waals surface area contributed by atoms with Crippen molar-refractivity contribution in [3.63, 3.8) is 0 Å². The second kappa shape index (κ2) is 6.44. The van der Waals surface area contributed by atoms with Crippen molar-refractivity contribution in [2.45, 2.75) is 0 Å². The third-order valence-electron chi connectivity index (χ3n) is 1.23. The number of rotatable bonds is 4. The van der Waals surface area contributed by atoms with Crippen LogP contribution in [0.15, 0.2) is 34.6 Å². The zero-order valence-corrected chi connectivity index (χ0v) is 8.61. The smallest absolute Gasteiger partial charge is 0.184 e. The molecule has 0 aliphatic carbocycles. The molecule has 1 aromatic rings. The number of hydrogen-bond acceptors (Lipinski definition) is 5. The molecule has 1 aromatic heterocycles. The summed E-state index contributed by atoms with van der Waals surface area (Å²) in [5, 5.41) is 7.59. The number of hydrogen-bond donors (Lipinski definition) is 3. The number of nitrogens with two attached hydrogens (primary N) is 1. The molecule has 6 nitrogen and oxygen atoms in total. The number of pyridine rings is 1. The van der Waals surface area contributed by atoms with Crippen LogP contribution in [0.3, 0.4) is 0 Å². The van der Waals surface area contributed by atoms with E-state index < -0.39 is 0 Å². The van der Waals surface area contributed by atoms with E-state index in [0.717, 1.165) is 0 Å². The van der Waals surface area contributed by atoms with Crippen LogP contribution in [0, 0.1) is 0 Å². The van der Waals surface area contributed by atoms with Crippen LogP contribution in [0.1, 0.15) is 0 Å². The molecular weight excluding hydrogens is 212 g/mol. The van der Waals surface area contributed by atoms with Gasteiger partial charge in [-0.2, -0.15) is 10.2 Å². The molecule has 0 aliphatic rings. The van der Waals surface area contributed by atoms with Crippen molar-refractivity contribution in [2.24, 2.45) is 15.9 Å². The van der Waals surface area contributed by atoms with E-state index in [9.17, 15) is 0 Å². The van der Waals surface area contributed by atoms with Crippen molar-refractivity contribution < 1.29 is 0 Å². The van der Waals surface area contributed by atoms with Gasteiger partial charge in [-0.15, -0.1) is 0 Å². The largest absolute Gasteiger partial charge is 0.375 e. The minimum Gasteiger partial charge on any atom is -0.375 e. The molecule has 7 heteroatoms. The lowest BCUT2D eigenvalue weighted by molar-refractivity contribution is 1.05. The predicted octanol–water partition coefficient (Wildman–Crippen LogP) is 0.298. The van der Waals surface area contributed by atoms with Gasteiger partial charge in [-0.25, -0.2) is 4.98 Å². The molecule has 0 bridgehead atoms. The van der Waals surface area contributed by atoms with Crippen LogP contribution in [0.5, 0.6) is 0 Å². The van der Waals surface area contributed by atoms with E-state index in [2.05, 4.69) is 38.3 Å². The molecule has 4 N–H and O–H groups in total. The Balaban J connectivity index is 2.28. The van der Waals surface area contributed by atoms with Gasteiger partial charge in [0.25, 0.3) is 0 Å². The van der Waals surface area contributed by atoms with Crippen molar-refractivity contribution in [3.05, 3.63) is 24.4 Å². The van der Waals surface area contributed by atoms with E-state index >= 15 is 0 Å². The molecule has 78 valence electrons. The molecule has 0 radical (unpaired) electrons. The van der Waals surface area contributed by atoms with Gasteiger partial charge < -0.3 is 5.73 Å². The maximum absolute atomic E-state index is 5.13. The number of hydrazone groups is 2. The molecule has 0 amide bonds. The Bertz CT molecular complexity index is 361. The van der Waals surface area contributed by atoms with Crippen molar-refractivity contribution in [3.8, 4) is 0 Å². The van der Waals surface area contributed by atoms with Crippen molar-refractivity contribution in [1.82, 2.24) is 10.4 Å². The van der Waals surface area contributed by atoms with Crippen LogP contribution >= 0.6 is 12.2 Å². The number of nitrogens with one attached hydrogen (secondary N) is 2. The van der Waals surface area contributed by atoms with Gasteiger partial charge >= 0.3 is 0 Å². The summed E-state index contributed by atoms with van der Waals surface area (Å²) in [5.41, 5.74) is 10.2. The lowest BCUT2D eigenvalue weighted by atomic mass is 10.5. The summed E-state index contributed by atoms with van der Waals surface area (Å²) in [7, 11) is 0. The second-order valence-corrected chi connectivity index (χ2v) is 2.80. The van der Waals surface area contributed by atoms with E-state index in [1.807, 2.05) is 12.1 Å². The SMILES string of the molecule is NC(=S)N/N=C/C=N/Nc1ccccn1. The van der Waals surface area contributed by atoms with Gasteiger partial charge in [0.15, 0.2) is 5.11 Å². The average molecular weight is 222 g/mol. The Hall–Kier alpha value is -2.02. The van der Waals surface area contributed by atoms with Crippen LogP contribution < -0.4 is 16.6 Å². The maximum Gasteiger partial charge on any atom is 0.184 e. The molecule has 0 spiro atoms. The minimum atomic E-state index is 0.109. The number of thiocarbonyl (C=S) groups is 1. The summed E-state index contributed by atoms with van der Waals surface area (Å²) in [6.45, 7) is 0. The first-order valence-corrected chi connectivity index (χ1v) is 4.47. The summed E-state index contributed by atoms with van der Waals surface area (Å²) >= 11 is 4.53. The Morgan fingerprint density at radius 2 is 2.20 bits per heavy atom. The molecule has 0 fully saturated rings. The Labute approximate surface area is 92.3 Å². The zero-order chi connectivity index (χ0) is 10.9. The summed E-state index contributed by atoms with van der Waals surface area (Å²) in [5.74, 6) is 0.657. The first-order valence-electron chi connectivity index (χ1n) is 4.06. The van der Waals surface area contributed by atoms with Crippen molar-refractivity contribution in [2.75, 3.05) is 5.43 Å². The average Bonchev–Trinajstić information content (AvgIpc) is 2.24. The standard InChI is InChI=1S/C8H10N6S/c9-8(15)14-12-6-5-11-13-7-3-1-2-4-10-7/h1-6H,(H,10,13)(H3,9,14,15)/b11-5+,12-6+. The normalized spacial score (nSPS) is 10.7. The van der Waals surface area contributed by atoms with Crippen LogP contribution in [0.4, 0.5) is 5.82 Å². The van der Waals surface area contributed by atoms with Gasteiger partial charge in [-0.3, -0.25) is 10.9 Å². The van der Waals surface area contributed by atoms with Gasteiger partial charge in [-0.1, -0.05) is 6.07 Å². The summed E-state index contributed by atoms with van der Waals surface area (Å²) < 4.78 is 0. The van der Waals surface area contributed by atoms with Crippen molar-refractivity contribution >= 4 is 35.6 Å². The zero-order valence-electron chi connectivity index (χ0n) is 7.79. The number of nitrogens with zero attached hydrogens (tertiary/aromatic N) is 3. The highest BCUT2D eigenvalue weighted by atomic mass is 32.1. The van der Waals surface area contributed by atoms with E-state index in [-0.39, 0.29) is 5.11 Å². The highest BCUT2D eigenvalue weighted by Gasteiger charge is 1.84. The van der Waals surface area contributed by atoms with Crippen LogP contribution in [0.25, 0.3) is 0 Å². The van der Waals surface area contributed by atoms with Gasteiger partial charge in [0.05, 0.1) is 12.4 Å². The molecule has 0 unspecified atom stereocenters. The third-order valence-corrected chi connectivity index (χ3v) is 1.33. The quantitative estimate of drug-likeness (QED) is 0.387. The summed E-state index contributed by atoms with van der Waals surface area (Å²) in [6.07, 6.45) is 4.52. The highest BCUT2D eigenvalue weighted by Crippen LogP contribution is 1.97. The second-order valence-electron chi connectivity index (χ2n) is 2.36. The van der Waals surface area contributed by atoms with E-state index in [4.69, 9.17) is 5.73 Å². The monoisotopic (exact) mass is 222 g/mol. The maximum atomic E-state index is 5.13. The minimum absolute atomic E-state index is 0.109. The molecule has 1 heterocycles. The Kier molecular flexibility index (Phi) is 4.74. The fourth-order valence-corrected chi connectivity index (χ4v) is 0.753. The van der Waals surface area contributed by atoms with E-state index in [1.165, 1.54) is 12.4 Å². The molecule has 1 rings (SSSR count). The Morgan fingerprint density at radius 3 is 2.87 bits per heavy atom. The first-order chi connectivity index (χ1) is 7.29. The molecular formula is C8H10N6S. The van der Waals surface area contributed by atoms with Gasteiger partial charge in [0, 0.05) is 6.20 Å². The van der Waals surface area contributed by atoms with Crippen LogP contribution in [0.2, 0.25) is 0 Å². The van der Waals surface area contributed by atoms with Crippen LogP contribution in [-0.2, 0) is 0 Å². The van der Waals surface area contributed by atoms with E-state index in [1.54, 1.807) is 12.3 Å². The van der Waals surface area contributed by atoms with Gasteiger partial charge in [0.2, 0.25) is 0 Å². The number of anilines is 1. The molecule has 0 atom stereocenters. The van der Waals surface area contributed by atoms with E-state index in [0.29, 0.717) is 5.82 Å². The molecule has 0 saturated carbocycles. The Morgan fingerprint density at radius 1 is 1.40 bits per heavy atom. The highest BCUT2D eigenvalue weighted by molar-refractivity contribution is 7.80. The first kappa shape index (κ1) is 11.1. The third kappa shape index (κ3) is 5.32. The summed E-state index contributed by atoms with van der Waals surface area (Å²) in [4.78, 5) is 4.00. The molecule has 0 aromatic carbocycles.